The van der Waals surface area contributed by atoms with Crippen LogP contribution in [0, 0.1) is 24.2 Å². The van der Waals surface area contributed by atoms with Crippen LogP contribution >= 0.6 is 0 Å². The summed E-state index contributed by atoms with van der Waals surface area (Å²) in [6, 6.07) is 10.2. The number of piperidine rings is 1. The molecule has 2 saturated heterocycles. The number of β-amino-alcohol motifs (C(OH)–C–C–N with tert-alkyl or cyclic N) is 1. The average Bonchev–Trinajstić information content (AvgIpc) is 2.89. The fourth-order valence-electron chi connectivity index (χ4n) is 4.99. The quantitative estimate of drug-likeness (QED) is 0.389. The van der Waals surface area contributed by atoms with Gasteiger partial charge < -0.3 is 31.1 Å². The van der Waals surface area contributed by atoms with E-state index in [0.29, 0.717) is 36.3 Å². The van der Waals surface area contributed by atoms with E-state index in [0.717, 1.165) is 63.5 Å². The molecule has 2 aliphatic rings. The van der Waals surface area contributed by atoms with Gasteiger partial charge in [0.25, 0.3) is 5.91 Å². The Bertz CT molecular complexity index is 1100. The lowest BCUT2D eigenvalue weighted by molar-refractivity contribution is 0.0575. The Hall–Kier alpha value is -3.46. The monoisotopic (exact) mass is 508 g/mol. The molecule has 0 saturated carbocycles. The van der Waals surface area contributed by atoms with E-state index in [-0.39, 0.29) is 12.2 Å². The van der Waals surface area contributed by atoms with Crippen molar-refractivity contribution in [2.75, 3.05) is 67.5 Å². The number of hydrogen-bond acceptors (Lipinski definition) is 10. The molecule has 2 aromatic rings. The van der Waals surface area contributed by atoms with Crippen LogP contribution in [0.4, 0.5) is 23.1 Å². The van der Waals surface area contributed by atoms with Gasteiger partial charge in [0, 0.05) is 63.6 Å². The first-order chi connectivity index (χ1) is 17.9. The zero-order chi connectivity index (χ0) is 26.4. The first-order valence-corrected chi connectivity index (χ1v) is 12.8. The Morgan fingerprint density at radius 2 is 1.81 bits per heavy atom. The molecule has 1 aromatic heterocycles. The molecule has 0 aliphatic carbocycles. The van der Waals surface area contributed by atoms with Gasteiger partial charge in [0.05, 0.1) is 24.5 Å². The third-order valence-electron chi connectivity index (χ3n) is 7.15. The molecule has 0 bridgehead atoms. The summed E-state index contributed by atoms with van der Waals surface area (Å²) >= 11 is 0. The van der Waals surface area contributed by atoms with Gasteiger partial charge in [-0.15, -0.1) is 0 Å². The molecular formula is C26H36N8O3. The lowest BCUT2D eigenvalue weighted by Crippen LogP contribution is -2.49. The van der Waals surface area contributed by atoms with Crippen LogP contribution < -0.4 is 20.9 Å². The summed E-state index contributed by atoms with van der Waals surface area (Å²) < 4.78 is 0. The SMILES string of the molecule is Cc1nc(N2CCC(CC#N)CC2)nc(Nc2ccc(N3CCN(CC(O)CO)CC3)cc2)c1C(N)=O. The number of aryl methyl sites for hydroxylation is 1. The molecule has 4 rings (SSSR count). The predicted molar refractivity (Wildman–Crippen MR) is 142 cm³/mol. The van der Waals surface area contributed by atoms with Gasteiger partial charge in [-0.3, -0.25) is 9.69 Å². The predicted octanol–water partition coefficient (Wildman–Crippen LogP) is 1.23. The maximum Gasteiger partial charge on any atom is 0.254 e. The molecule has 5 N–H and O–H groups in total. The number of aliphatic hydroxyl groups excluding tert-OH is 2. The number of amides is 1. The van der Waals surface area contributed by atoms with Gasteiger partial charge in [0.2, 0.25) is 5.95 Å². The number of carbonyl (C=O) groups is 1. The van der Waals surface area contributed by atoms with Gasteiger partial charge in [-0.05, 0) is 49.9 Å². The number of carbonyl (C=O) groups excluding carboxylic acids is 1. The summed E-state index contributed by atoms with van der Waals surface area (Å²) in [5.41, 5.74) is 8.35. The van der Waals surface area contributed by atoms with Gasteiger partial charge in [-0.2, -0.15) is 10.2 Å². The zero-order valence-electron chi connectivity index (χ0n) is 21.3. The number of aromatic nitrogens is 2. The lowest BCUT2D eigenvalue weighted by Gasteiger charge is -2.36. The molecule has 2 aliphatic heterocycles. The number of nitrogens with zero attached hydrogens (tertiary/aromatic N) is 6. The number of anilines is 4. The molecular weight excluding hydrogens is 472 g/mol. The fraction of sp³-hybridized carbons (Fsp3) is 0.538. The van der Waals surface area contributed by atoms with Crippen LogP contribution in [0.25, 0.3) is 0 Å². The Labute approximate surface area is 217 Å². The highest BCUT2D eigenvalue weighted by Crippen LogP contribution is 2.28. The first kappa shape index (κ1) is 26.6. The van der Waals surface area contributed by atoms with E-state index in [4.69, 9.17) is 16.1 Å². The summed E-state index contributed by atoms with van der Waals surface area (Å²) in [5, 5.41) is 31.0. The Morgan fingerprint density at radius 3 is 2.41 bits per heavy atom. The van der Waals surface area contributed by atoms with Crippen molar-refractivity contribution in [1.82, 2.24) is 14.9 Å². The highest BCUT2D eigenvalue weighted by molar-refractivity contribution is 5.99. The largest absolute Gasteiger partial charge is 0.394 e. The number of aliphatic hydroxyl groups is 2. The number of rotatable bonds is 9. The highest BCUT2D eigenvalue weighted by atomic mass is 16.3. The minimum Gasteiger partial charge on any atom is -0.394 e. The van der Waals surface area contributed by atoms with Crippen LogP contribution in [0.15, 0.2) is 24.3 Å². The minimum absolute atomic E-state index is 0.222. The summed E-state index contributed by atoms with van der Waals surface area (Å²) in [5.74, 6) is 0.762. The maximum absolute atomic E-state index is 12.2. The fourth-order valence-corrected chi connectivity index (χ4v) is 4.99. The van der Waals surface area contributed by atoms with Crippen molar-refractivity contribution in [3.8, 4) is 6.07 Å². The molecule has 1 amide bonds. The van der Waals surface area contributed by atoms with Gasteiger partial charge in [0.1, 0.15) is 11.4 Å². The first-order valence-electron chi connectivity index (χ1n) is 12.8. The van der Waals surface area contributed by atoms with Crippen molar-refractivity contribution in [2.45, 2.75) is 32.3 Å². The van der Waals surface area contributed by atoms with E-state index in [1.807, 2.05) is 24.3 Å². The van der Waals surface area contributed by atoms with Gasteiger partial charge in [0.15, 0.2) is 0 Å². The van der Waals surface area contributed by atoms with E-state index in [9.17, 15) is 9.90 Å². The second-order valence-corrected chi connectivity index (χ2v) is 9.79. The van der Waals surface area contributed by atoms with Crippen molar-refractivity contribution in [2.24, 2.45) is 11.7 Å². The third-order valence-corrected chi connectivity index (χ3v) is 7.15. The second-order valence-electron chi connectivity index (χ2n) is 9.79. The van der Waals surface area contributed by atoms with Gasteiger partial charge >= 0.3 is 0 Å². The Morgan fingerprint density at radius 1 is 1.14 bits per heavy atom. The summed E-state index contributed by atoms with van der Waals surface area (Å²) in [6.45, 7) is 6.84. The molecule has 198 valence electrons. The van der Waals surface area contributed by atoms with Gasteiger partial charge in [-0.25, -0.2) is 4.98 Å². The number of nitrogens with one attached hydrogen (secondary N) is 1. The summed E-state index contributed by atoms with van der Waals surface area (Å²) in [6.07, 6.45) is 1.69. The molecule has 1 atom stereocenters. The molecule has 1 aromatic carbocycles. The number of benzene rings is 1. The van der Waals surface area contributed by atoms with Crippen molar-refractivity contribution < 1.29 is 15.0 Å². The molecule has 1 unspecified atom stereocenters. The molecule has 11 heteroatoms. The number of primary amides is 1. The normalized spacial score (nSPS) is 17.9. The van der Waals surface area contributed by atoms with Crippen molar-refractivity contribution in [3.63, 3.8) is 0 Å². The lowest BCUT2D eigenvalue weighted by atomic mass is 9.94. The van der Waals surface area contributed by atoms with E-state index < -0.39 is 12.0 Å². The standard InChI is InChI=1S/C26H36N8O3/c1-18-23(24(28)37)25(31-26(29-18)34-10-7-19(6-9-27)8-11-34)30-20-2-4-21(5-3-20)33-14-12-32(13-15-33)16-22(36)17-35/h2-5,19,22,35-36H,6-8,10-17H2,1H3,(H2,28,37)(H,29,30,31). The molecule has 11 nitrogen and oxygen atoms in total. The van der Waals surface area contributed by atoms with Crippen LogP contribution in [0.1, 0.15) is 35.3 Å². The van der Waals surface area contributed by atoms with E-state index >= 15 is 0 Å². The molecule has 2 fully saturated rings. The highest BCUT2D eigenvalue weighted by Gasteiger charge is 2.24. The van der Waals surface area contributed by atoms with E-state index in [1.165, 1.54) is 0 Å². The smallest absolute Gasteiger partial charge is 0.254 e. The molecule has 37 heavy (non-hydrogen) atoms. The van der Waals surface area contributed by atoms with E-state index in [1.54, 1.807) is 6.92 Å². The van der Waals surface area contributed by atoms with Crippen molar-refractivity contribution in [1.29, 1.82) is 5.26 Å². The summed E-state index contributed by atoms with van der Waals surface area (Å²) in [7, 11) is 0. The minimum atomic E-state index is -0.705. The van der Waals surface area contributed by atoms with Crippen molar-refractivity contribution in [3.05, 3.63) is 35.5 Å². The Kier molecular flexibility index (Phi) is 8.76. The van der Waals surface area contributed by atoms with Crippen LogP contribution in [-0.2, 0) is 0 Å². The van der Waals surface area contributed by atoms with Crippen LogP contribution in [0.5, 0.6) is 0 Å². The number of nitriles is 1. The second kappa shape index (κ2) is 12.2. The number of piperazine rings is 1. The topological polar surface area (TPSA) is 155 Å². The molecule has 3 heterocycles. The maximum atomic E-state index is 12.2. The van der Waals surface area contributed by atoms with Crippen LogP contribution in [0.2, 0.25) is 0 Å². The average molecular weight is 509 g/mol. The number of hydrogen-bond donors (Lipinski definition) is 4. The zero-order valence-corrected chi connectivity index (χ0v) is 21.3. The molecule has 0 spiro atoms. The third kappa shape index (κ3) is 6.65. The van der Waals surface area contributed by atoms with Crippen LogP contribution in [0.3, 0.4) is 0 Å². The van der Waals surface area contributed by atoms with Crippen LogP contribution in [-0.4, -0.2) is 89.5 Å². The van der Waals surface area contributed by atoms with E-state index in [2.05, 4.69) is 36.1 Å². The van der Waals surface area contributed by atoms with Crippen molar-refractivity contribution >= 4 is 29.0 Å². The Balaban J connectivity index is 1.44. The summed E-state index contributed by atoms with van der Waals surface area (Å²) in [4.78, 5) is 28.0. The van der Waals surface area contributed by atoms with Gasteiger partial charge in [-0.1, -0.05) is 0 Å². The number of nitrogens with two attached hydrogens (primary N) is 1. The molecule has 0 radical (unpaired) electrons.